The predicted octanol–water partition coefficient (Wildman–Crippen LogP) is 1.77. The molecule has 2 rings (SSSR count). The molecule has 1 fully saturated rings. The van der Waals surface area contributed by atoms with E-state index in [2.05, 4.69) is 5.32 Å². The number of anilines is 1. The van der Waals surface area contributed by atoms with Crippen molar-refractivity contribution in [2.24, 2.45) is 0 Å². The van der Waals surface area contributed by atoms with Gasteiger partial charge in [-0.15, -0.1) is 5.06 Å². The van der Waals surface area contributed by atoms with Crippen molar-refractivity contribution in [1.82, 2.24) is 5.06 Å². The van der Waals surface area contributed by atoms with Crippen molar-refractivity contribution >= 4 is 17.6 Å². The Morgan fingerprint density at radius 1 is 1.44 bits per heavy atom. The largest absolute Gasteiger partial charge is 0.353 e. The Morgan fingerprint density at radius 3 is 2.69 bits per heavy atom. The highest BCUT2D eigenvalue weighted by Gasteiger charge is 2.33. The van der Waals surface area contributed by atoms with Crippen LogP contribution in [0.3, 0.4) is 0 Å². The third-order valence-electron chi connectivity index (χ3n) is 2.18. The van der Waals surface area contributed by atoms with Gasteiger partial charge in [-0.1, -0.05) is 18.2 Å². The number of nitrogens with one attached hydrogen (secondary N) is 1. The number of nitrogens with zero attached hydrogens (tertiary/aromatic N) is 1. The van der Waals surface area contributed by atoms with Crippen LogP contribution in [0.25, 0.3) is 0 Å². The lowest BCUT2D eigenvalue weighted by Gasteiger charge is -2.13. The summed E-state index contributed by atoms with van der Waals surface area (Å²) in [5, 5.41) is 3.35. The summed E-state index contributed by atoms with van der Waals surface area (Å²) >= 11 is 0. The molecule has 1 heterocycles. The molecule has 0 aromatic heterocycles. The standard InChI is InChI=1S/C11H12N2O3/c1-8-7-10(14)13(16-8)11(15)12-9-5-3-2-4-6-9/h2-6,8H,7H2,1H3,(H,12,15). The smallest absolute Gasteiger partial charge is 0.306 e. The van der Waals surface area contributed by atoms with E-state index >= 15 is 0 Å². The van der Waals surface area contributed by atoms with E-state index in [1.807, 2.05) is 6.07 Å². The second-order valence-electron chi connectivity index (χ2n) is 3.60. The van der Waals surface area contributed by atoms with Gasteiger partial charge in [-0.3, -0.25) is 9.63 Å². The van der Waals surface area contributed by atoms with Crippen LogP contribution in [-0.2, 0) is 9.63 Å². The molecule has 16 heavy (non-hydrogen) atoms. The van der Waals surface area contributed by atoms with Gasteiger partial charge in [0.15, 0.2) is 0 Å². The molecule has 5 nitrogen and oxygen atoms in total. The molecule has 84 valence electrons. The van der Waals surface area contributed by atoms with Crippen LogP contribution in [0.2, 0.25) is 0 Å². The van der Waals surface area contributed by atoms with Gasteiger partial charge < -0.3 is 5.32 Å². The molecule has 1 saturated heterocycles. The molecule has 0 spiro atoms. The van der Waals surface area contributed by atoms with E-state index in [0.29, 0.717) is 5.69 Å². The lowest BCUT2D eigenvalue weighted by molar-refractivity contribution is -0.151. The SMILES string of the molecule is CC1CC(=O)N(C(=O)Nc2ccccc2)O1. The van der Waals surface area contributed by atoms with Crippen LogP contribution in [0.5, 0.6) is 0 Å². The Kier molecular flexibility index (Phi) is 2.87. The monoisotopic (exact) mass is 220 g/mol. The summed E-state index contributed by atoms with van der Waals surface area (Å²) in [7, 11) is 0. The molecule has 0 aliphatic carbocycles. The van der Waals surface area contributed by atoms with Gasteiger partial charge in [0.2, 0.25) is 0 Å². The lowest BCUT2D eigenvalue weighted by Crippen LogP contribution is -2.34. The minimum absolute atomic E-state index is 0.238. The second-order valence-corrected chi connectivity index (χ2v) is 3.60. The average Bonchev–Trinajstić information content (AvgIpc) is 2.59. The number of para-hydroxylation sites is 1. The fourth-order valence-corrected chi connectivity index (χ4v) is 1.46. The Morgan fingerprint density at radius 2 is 2.12 bits per heavy atom. The van der Waals surface area contributed by atoms with E-state index in [-0.39, 0.29) is 18.4 Å². The molecule has 0 saturated carbocycles. The molecular weight excluding hydrogens is 208 g/mol. The summed E-state index contributed by atoms with van der Waals surface area (Å²) in [4.78, 5) is 28.1. The van der Waals surface area contributed by atoms with E-state index in [1.165, 1.54) is 0 Å². The maximum Gasteiger partial charge on any atom is 0.353 e. The third kappa shape index (κ3) is 2.20. The molecule has 1 aliphatic rings. The van der Waals surface area contributed by atoms with Crippen LogP contribution < -0.4 is 5.32 Å². The number of amides is 3. The Hall–Kier alpha value is -1.88. The fourth-order valence-electron chi connectivity index (χ4n) is 1.46. The first-order valence-corrected chi connectivity index (χ1v) is 5.02. The van der Waals surface area contributed by atoms with Crippen molar-refractivity contribution in [3.8, 4) is 0 Å². The number of hydrogen-bond donors (Lipinski definition) is 1. The highest BCUT2D eigenvalue weighted by Crippen LogP contribution is 2.16. The summed E-state index contributed by atoms with van der Waals surface area (Å²) < 4.78 is 0. The second kappa shape index (κ2) is 4.32. The van der Waals surface area contributed by atoms with Gasteiger partial charge in [0.05, 0.1) is 12.5 Å². The van der Waals surface area contributed by atoms with Crippen molar-refractivity contribution in [2.45, 2.75) is 19.4 Å². The molecule has 1 aliphatic heterocycles. The normalized spacial score (nSPS) is 19.9. The quantitative estimate of drug-likeness (QED) is 0.784. The Labute approximate surface area is 93.0 Å². The number of hydroxylamine groups is 2. The summed E-state index contributed by atoms with van der Waals surface area (Å²) in [6, 6.07) is 8.36. The van der Waals surface area contributed by atoms with Crippen LogP contribution in [0.4, 0.5) is 10.5 Å². The minimum Gasteiger partial charge on any atom is -0.306 e. The molecule has 0 bridgehead atoms. The maximum atomic E-state index is 11.6. The summed E-state index contributed by atoms with van der Waals surface area (Å²) in [6.45, 7) is 1.74. The molecule has 0 radical (unpaired) electrons. The molecule has 1 unspecified atom stereocenters. The molecule has 1 atom stereocenters. The summed E-state index contributed by atoms with van der Waals surface area (Å²) in [6.07, 6.45) is -0.00334. The summed E-state index contributed by atoms with van der Waals surface area (Å²) in [5.41, 5.74) is 0.628. The van der Waals surface area contributed by atoms with Gasteiger partial charge in [0, 0.05) is 5.69 Å². The van der Waals surface area contributed by atoms with E-state index < -0.39 is 6.03 Å². The fraction of sp³-hybridized carbons (Fsp3) is 0.273. The zero-order valence-electron chi connectivity index (χ0n) is 8.84. The zero-order chi connectivity index (χ0) is 11.5. The van der Waals surface area contributed by atoms with Gasteiger partial charge in [0.1, 0.15) is 0 Å². The first-order chi connectivity index (χ1) is 7.66. The topological polar surface area (TPSA) is 58.6 Å². The van der Waals surface area contributed by atoms with Crippen LogP contribution in [0.1, 0.15) is 13.3 Å². The number of hydrogen-bond acceptors (Lipinski definition) is 3. The number of carbonyl (C=O) groups excluding carboxylic acids is 2. The average molecular weight is 220 g/mol. The predicted molar refractivity (Wildman–Crippen MR) is 57.5 cm³/mol. The van der Waals surface area contributed by atoms with E-state index in [4.69, 9.17) is 4.84 Å². The van der Waals surface area contributed by atoms with Crippen molar-refractivity contribution in [3.05, 3.63) is 30.3 Å². The van der Waals surface area contributed by atoms with Gasteiger partial charge in [-0.2, -0.15) is 0 Å². The van der Waals surface area contributed by atoms with E-state index in [1.54, 1.807) is 31.2 Å². The van der Waals surface area contributed by atoms with Crippen molar-refractivity contribution in [1.29, 1.82) is 0 Å². The molecule has 5 heteroatoms. The first-order valence-electron chi connectivity index (χ1n) is 5.02. The number of urea groups is 1. The van der Waals surface area contributed by atoms with Crippen molar-refractivity contribution in [2.75, 3.05) is 5.32 Å². The van der Waals surface area contributed by atoms with Crippen LogP contribution in [0.15, 0.2) is 30.3 Å². The van der Waals surface area contributed by atoms with Crippen LogP contribution in [0, 0.1) is 0 Å². The third-order valence-corrected chi connectivity index (χ3v) is 2.18. The highest BCUT2D eigenvalue weighted by molar-refractivity contribution is 6.00. The number of benzene rings is 1. The van der Waals surface area contributed by atoms with Gasteiger partial charge in [0.25, 0.3) is 5.91 Å². The van der Waals surface area contributed by atoms with Crippen LogP contribution in [-0.4, -0.2) is 23.1 Å². The number of rotatable bonds is 1. The van der Waals surface area contributed by atoms with E-state index in [0.717, 1.165) is 5.06 Å². The molecule has 1 aromatic rings. The Balaban J connectivity index is 2.01. The Bertz CT molecular complexity index is 405. The molecule has 3 amide bonds. The summed E-state index contributed by atoms with van der Waals surface area (Å²) in [5.74, 6) is -0.319. The number of imide groups is 1. The first kappa shape index (κ1) is 10.6. The van der Waals surface area contributed by atoms with Crippen LogP contribution >= 0.6 is 0 Å². The molecule has 1 aromatic carbocycles. The minimum atomic E-state index is -0.555. The van der Waals surface area contributed by atoms with E-state index in [9.17, 15) is 9.59 Å². The highest BCUT2D eigenvalue weighted by atomic mass is 16.7. The van der Waals surface area contributed by atoms with Gasteiger partial charge in [-0.05, 0) is 19.1 Å². The lowest BCUT2D eigenvalue weighted by atomic mass is 10.3. The molecule has 1 N–H and O–H groups in total. The van der Waals surface area contributed by atoms with Gasteiger partial charge >= 0.3 is 6.03 Å². The van der Waals surface area contributed by atoms with Crippen molar-refractivity contribution in [3.63, 3.8) is 0 Å². The zero-order valence-corrected chi connectivity index (χ0v) is 8.84. The van der Waals surface area contributed by atoms with Crippen molar-refractivity contribution < 1.29 is 14.4 Å². The molecular formula is C11H12N2O3. The maximum absolute atomic E-state index is 11.6. The number of carbonyl (C=O) groups is 2. The van der Waals surface area contributed by atoms with Gasteiger partial charge in [-0.25, -0.2) is 4.79 Å².